The predicted octanol–water partition coefficient (Wildman–Crippen LogP) is 5.57. The van der Waals surface area contributed by atoms with Gasteiger partial charge in [0.25, 0.3) is 0 Å². The second-order valence-electron chi connectivity index (χ2n) is 4.75. The minimum atomic E-state index is 0.313. The fraction of sp³-hybridized carbons (Fsp3) is 0.250. The van der Waals surface area contributed by atoms with Crippen molar-refractivity contribution in [1.82, 2.24) is 0 Å². The normalized spacial score (nSPS) is 10.7. The Morgan fingerprint density at radius 1 is 1.00 bits per heavy atom. The van der Waals surface area contributed by atoms with Gasteiger partial charge in [-0.1, -0.05) is 19.1 Å². The highest BCUT2D eigenvalue weighted by molar-refractivity contribution is 14.1. The maximum atomic E-state index is 9.80. The fourth-order valence-electron chi connectivity index (χ4n) is 2.12. The molecule has 0 radical (unpaired) electrons. The third-order valence-electron chi connectivity index (χ3n) is 3.14. The van der Waals surface area contributed by atoms with Gasteiger partial charge in [0.15, 0.2) is 0 Å². The highest BCUT2D eigenvalue weighted by Gasteiger charge is 2.11. The third-order valence-corrected chi connectivity index (χ3v) is 4.78. The molecular formula is C16H16I2O2. The summed E-state index contributed by atoms with van der Waals surface area (Å²) in [6.07, 6.45) is 1.02. The molecule has 0 heterocycles. The van der Waals surface area contributed by atoms with Crippen molar-refractivity contribution in [3.8, 4) is 17.2 Å². The van der Waals surface area contributed by atoms with Gasteiger partial charge in [0.1, 0.15) is 17.2 Å². The van der Waals surface area contributed by atoms with Crippen molar-refractivity contribution in [3.05, 3.63) is 48.1 Å². The zero-order chi connectivity index (χ0) is 14.9. The molecule has 2 aromatic carbocycles. The molecule has 20 heavy (non-hydrogen) atoms. The van der Waals surface area contributed by atoms with Crippen LogP contribution in [0.5, 0.6) is 17.2 Å². The summed E-state index contributed by atoms with van der Waals surface area (Å²) in [7, 11) is 0. The summed E-state index contributed by atoms with van der Waals surface area (Å²) < 4.78 is 7.63. The number of hydrogen-bond acceptors (Lipinski definition) is 2. The van der Waals surface area contributed by atoms with Gasteiger partial charge in [0.05, 0.1) is 7.14 Å². The lowest BCUT2D eigenvalue weighted by molar-refractivity contribution is 0.454. The molecule has 0 aliphatic rings. The van der Waals surface area contributed by atoms with E-state index in [2.05, 4.69) is 78.1 Å². The van der Waals surface area contributed by atoms with Gasteiger partial charge in [-0.05, 0) is 94.3 Å². The molecule has 0 amide bonds. The lowest BCUT2D eigenvalue weighted by atomic mass is 10.0. The summed E-state index contributed by atoms with van der Waals surface area (Å²) in [5, 5.41) is 9.80. The smallest absolute Gasteiger partial charge is 0.142 e. The highest BCUT2D eigenvalue weighted by atomic mass is 127. The van der Waals surface area contributed by atoms with Crippen LogP contribution in [-0.4, -0.2) is 5.11 Å². The molecule has 2 nitrogen and oxygen atoms in total. The molecule has 1 N–H and O–H groups in total. The minimum absolute atomic E-state index is 0.313. The molecule has 0 aliphatic carbocycles. The van der Waals surface area contributed by atoms with E-state index in [4.69, 9.17) is 4.74 Å². The third kappa shape index (κ3) is 3.39. The van der Waals surface area contributed by atoms with E-state index in [0.29, 0.717) is 5.75 Å². The first kappa shape index (κ1) is 15.9. The number of aryl methyl sites for hydroxylation is 3. The van der Waals surface area contributed by atoms with Crippen LogP contribution in [0.15, 0.2) is 24.3 Å². The number of aromatic hydroxyl groups is 1. The van der Waals surface area contributed by atoms with Crippen molar-refractivity contribution in [3.63, 3.8) is 0 Å². The van der Waals surface area contributed by atoms with Gasteiger partial charge in [-0.2, -0.15) is 0 Å². The van der Waals surface area contributed by atoms with Crippen LogP contribution in [0.4, 0.5) is 0 Å². The molecule has 2 rings (SSSR count). The summed E-state index contributed by atoms with van der Waals surface area (Å²) in [4.78, 5) is 0. The van der Waals surface area contributed by atoms with E-state index < -0.39 is 0 Å². The van der Waals surface area contributed by atoms with E-state index in [1.807, 2.05) is 12.1 Å². The van der Waals surface area contributed by atoms with Crippen LogP contribution in [0, 0.1) is 21.0 Å². The Kier molecular flexibility index (Phi) is 5.17. The summed E-state index contributed by atoms with van der Waals surface area (Å²) in [6, 6.07) is 8.03. The summed E-state index contributed by atoms with van der Waals surface area (Å²) >= 11 is 4.22. The van der Waals surface area contributed by atoms with Crippen LogP contribution >= 0.6 is 45.2 Å². The first-order chi connectivity index (χ1) is 9.42. The topological polar surface area (TPSA) is 29.5 Å². The average Bonchev–Trinajstić information content (AvgIpc) is 2.39. The van der Waals surface area contributed by atoms with Gasteiger partial charge < -0.3 is 9.84 Å². The maximum absolute atomic E-state index is 9.80. The molecule has 0 bridgehead atoms. The molecule has 0 aromatic heterocycles. The van der Waals surface area contributed by atoms with Gasteiger partial charge in [-0.25, -0.2) is 0 Å². The van der Waals surface area contributed by atoms with Crippen molar-refractivity contribution in [1.29, 1.82) is 0 Å². The van der Waals surface area contributed by atoms with E-state index in [0.717, 1.165) is 36.2 Å². The van der Waals surface area contributed by atoms with E-state index >= 15 is 0 Å². The van der Waals surface area contributed by atoms with Gasteiger partial charge in [0.2, 0.25) is 0 Å². The molecule has 0 atom stereocenters. The zero-order valence-electron chi connectivity index (χ0n) is 11.6. The molecular weight excluding hydrogens is 478 g/mol. The number of benzene rings is 2. The number of rotatable bonds is 3. The Morgan fingerprint density at radius 3 is 1.95 bits per heavy atom. The molecule has 2 aromatic rings. The van der Waals surface area contributed by atoms with Gasteiger partial charge in [-0.3, -0.25) is 0 Å². The molecule has 0 fully saturated rings. The maximum Gasteiger partial charge on any atom is 0.142 e. The number of halogens is 2. The van der Waals surface area contributed by atoms with Crippen LogP contribution in [0.2, 0.25) is 0 Å². The second-order valence-corrected chi connectivity index (χ2v) is 7.07. The number of hydrogen-bond donors (Lipinski definition) is 1. The lowest BCUT2D eigenvalue weighted by Crippen LogP contribution is -1.94. The van der Waals surface area contributed by atoms with Crippen LogP contribution in [0.3, 0.4) is 0 Å². The van der Waals surface area contributed by atoms with Crippen molar-refractivity contribution in [2.24, 2.45) is 0 Å². The van der Waals surface area contributed by atoms with Gasteiger partial charge >= 0.3 is 0 Å². The summed E-state index contributed by atoms with van der Waals surface area (Å²) in [5.74, 6) is 1.97. The van der Waals surface area contributed by atoms with Crippen molar-refractivity contribution >= 4 is 45.2 Å². The highest BCUT2D eigenvalue weighted by Crippen LogP contribution is 2.35. The number of ether oxygens (including phenoxy) is 1. The Morgan fingerprint density at radius 2 is 1.50 bits per heavy atom. The average molecular weight is 494 g/mol. The number of phenols is 1. The predicted molar refractivity (Wildman–Crippen MR) is 98.9 cm³/mol. The van der Waals surface area contributed by atoms with E-state index in [-0.39, 0.29) is 0 Å². The zero-order valence-corrected chi connectivity index (χ0v) is 15.9. The van der Waals surface area contributed by atoms with Crippen LogP contribution < -0.4 is 4.74 Å². The molecule has 4 heteroatoms. The molecule has 0 saturated heterocycles. The van der Waals surface area contributed by atoms with Gasteiger partial charge in [-0.15, -0.1) is 0 Å². The molecule has 0 aliphatic heterocycles. The standard InChI is InChI=1S/C16H16I2O2/c1-4-11-5-9(2)16(10(3)6-11)20-12-7-13(17)15(19)14(18)8-12/h5-8,19H,4H2,1-3H3. The first-order valence-corrected chi connectivity index (χ1v) is 8.54. The molecule has 0 unspecified atom stereocenters. The van der Waals surface area contributed by atoms with E-state index in [1.54, 1.807) is 0 Å². The second kappa shape index (κ2) is 6.51. The monoisotopic (exact) mass is 494 g/mol. The Balaban J connectivity index is 2.40. The largest absolute Gasteiger partial charge is 0.506 e. The van der Waals surface area contributed by atoms with Crippen LogP contribution in [0.25, 0.3) is 0 Å². The fourth-order valence-corrected chi connectivity index (χ4v) is 3.84. The molecule has 106 valence electrons. The van der Waals surface area contributed by atoms with Crippen molar-refractivity contribution < 1.29 is 9.84 Å². The molecule has 0 spiro atoms. The SMILES string of the molecule is CCc1cc(C)c(Oc2cc(I)c(O)c(I)c2)c(C)c1. The van der Waals surface area contributed by atoms with E-state index in [1.165, 1.54) is 5.56 Å². The van der Waals surface area contributed by atoms with Gasteiger partial charge in [0, 0.05) is 0 Å². The first-order valence-electron chi connectivity index (χ1n) is 6.38. The van der Waals surface area contributed by atoms with Crippen molar-refractivity contribution in [2.45, 2.75) is 27.2 Å². The Bertz CT molecular complexity index is 605. The lowest BCUT2D eigenvalue weighted by Gasteiger charge is -2.14. The van der Waals surface area contributed by atoms with Crippen LogP contribution in [-0.2, 0) is 6.42 Å². The van der Waals surface area contributed by atoms with Crippen molar-refractivity contribution in [2.75, 3.05) is 0 Å². The van der Waals surface area contributed by atoms with Crippen LogP contribution in [0.1, 0.15) is 23.6 Å². The Labute approximate surface area is 146 Å². The summed E-state index contributed by atoms with van der Waals surface area (Å²) in [5.41, 5.74) is 3.60. The quantitative estimate of drug-likeness (QED) is 0.566. The molecule has 0 saturated carbocycles. The Hall–Kier alpha value is -0.500. The minimum Gasteiger partial charge on any atom is -0.506 e. The van der Waals surface area contributed by atoms with E-state index in [9.17, 15) is 5.11 Å². The summed E-state index contributed by atoms with van der Waals surface area (Å²) in [6.45, 7) is 6.29. The number of phenolic OH excluding ortho intramolecular Hbond substituents is 1.